The predicted octanol–water partition coefficient (Wildman–Crippen LogP) is 2.71. The molecule has 3 aliphatic carbocycles. The molecule has 0 aromatic rings. The Morgan fingerprint density at radius 2 is 2.12 bits per heavy atom. The van der Waals surface area contributed by atoms with E-state index in [-0.39, 0.29) is 0 Å². The number of nitriles is 1. The first-order valence-corrected chi connectivity index (χ1v) is 6.89. The summed E-state index contributed by atoms with van der Waals surface area (Å²) in [6.07, 6.45) is 9.27. The Kier molecular flexibility index (Phi) is 2.67. The van der Waals surface area contributed by atoms with E-state index in [0.29, 0.717) is 5.41 Å². The van der Waals surface area contributed by atoms with Gasteiger partial charge in [0, 0.05) is 13.0 Å². The van der Waals surface area contributed by atoms with E-state index in [4.69, 9.17) is 5.26 Å². The molecule has 0 saturated heterocycles. The Morgan fingerprint density at radius 1 is 1.25 bits per heavy atom. The first-order chi connectivity index (χ1) is 7.81. The van der Waals surface area contributed by atoms with Crippen LogP contribution in [0.4, 0.5) is 0 Å². The van der Waals surface area contributed by atoms with Gasteiger partial charge in [-0.05, 0) is 61.8 Å². The van der Waals surface area contributed by atoms with Crippen LogP contribution in [0.15, 0.2) is 0 Å². The van der Waals surface area contributed by atoms with Gasteiger partial charge in [0.05, 0.1) is 6.07 Å². The Bertz CT molecular complexity index is 300. The van der Waals surface area contributed by atoms with Crippen molar-refractivity contribution in [1.82, 2.24) is 5.32 Å². The van der Waals surface area contributed by atoms with E-state index in [1.54, 1.807) is 0 Å². The maximum Gasteiger partial charge on any atom is 0.0628 e. The SMILES string of the molecule is N#CCC1(CNCC2CC3CCC2C3)CC1. The highest BCUT2D eigenvalue weighted by atomic mass is 14.9. The molecule has 88 valence electrons. The fourth-order valence-electron chi connectivity index (χ4n) is 3.91. The Labute approximate surface area is 98.4 Å². The van der Waals surface area contributed by atoms with Gasteiger partial charge in [0.25, 0.3) is 0 Å². The maximum atomic E-state index is 8.76. The maximum absolute atomic E-state index is 8.76. The fourth-order valence-corrected chi connectivity index (χ4v) is 3.91. The minimum atomic E-state index is 0.381. The van der Waals surface area contributed by atoms with Gasteiger partial charge in [0.1, 0.15) is 0 Å². The van der Waals surface area contributed by atoms with Crippen LogP contribution in [0.1, 0.15) is 44.9 Å². The Hall–Kier alpha value is -0.550. The highest BCUT2D eigenvalue weighted by Gasteiger charge is 2.43. The van der Waals surface area contributed by atoms with Crippen molar-refractivity contribution in [3.8, 4) is 6.07 Å². The summed E-state index contributed by atoms with van der Waals surface area (Å²) in [5.41, 5.74) is 0.381. The van der Waals surface area contributed by atoms with Gasteiger partial charge >= 0.3 is 0 Å². The van der Waals surface area contributed by atoms with E-state index in [1.165, 1.54) is 45.1 Å². The molecule has 2 heteroatoms. The third-order valence-electron chi connectivity index (χ3n) is 5.20. The summed E-state index contributed by atoms with van der Waals surface area (Å²) in [5, 5.41) is 12.4. The number of rotatable bonds is 5. The zero-order chi connectivity index (χ0) is 11.0. The van der Waals surface area contributed by atoms with Crippen molar-refractivity contribution in [3.05, 3.63) is 0 Å². The van der Waals surface area contributed by atoms with E-state index in [0.717, 1.165) is 30.7 Å². The molecule has 3 aliphatic rings. The zero-order valence-electron chi connectivity index (χ0n) is 10.0. The third kappa shape index (κ3) is 1.98. The number of hydrogen-bond donors (Lipinski definition) is 1. The van der Waals surface area contributed by atoms with E-state index < -0.39 is 0 Å². The summed E-state index contributed by atoms with van der Waals surface area (Å²) in [6, 6.07) is 2.34. The molecule has 2 nitrogen and oxygen atoms in total. The number of fused-ring (bicyclic) bond motifs is 2. The van der Waals surface area contributed by atoms with Gasteiger partial charge in [-0.2, -0.15) is 5.26 Å². The standard InChI is InChI=1S/C14H22N2/c15-6-5-14(3-4-14)10-16-9-13-8-11-1-2-12(13)7-11/h11-13,16H,1-5,7-10H2. The summed E-state index contributed by atoms with van der Waals surface area (Å²) in [7, 11) is 0. The second kappa shape index (κ2) is 4.04. The van der Waals surface area contributed by atoms with Gasteiger partial charge in [-0.1, -0.05) is 6.42 Å². The van der Waals surface area contributed by atoms with Gasteiger partial charge in [-0.25, -0.2) is 0 Å². The number of nitrogens with zero attached hydrogens (tertiary/aromatic N) is 1. The van der Waals surface area contributed by atoms with Crippen LogP contribution in [0.5, 0.6) is 0 Å². The van der Waals surface area contributed by atoms with E-state index in [1.807, 2.05) is 0 Å². The van der Waals surface area contributed by atoms with Crippen LogP contribution in [0, 0.1) is 34.5 Å². The van der Waals surface area contributed by atoms with Crippen molar-refractivity contribution in [3.63, 3.8) is 0 Å². The average molecular weight is 218 g/mol. The second-order valence-corrected chi connectivity index (χ2v) is 6.40. The van der Waals surface area contributed by atoms with E-state index in [2.05, 4.69) is 11.4 Å². The van der Waals surface area contributed by atoms with Crippen molar-refractivity contribution in [2.45, 2.75) is 44.9 Å². The molecule has 0 aliphatic heterocycles. The quantitative estimate of drug-likeness (QED) is 0.770. The number of nitrogens with one attached hydrogen (secondary N) is 1. The zero-order valence-corrected chi connectivity index (χ0v) is 10.0. The molecule has 0 heterocycles. The Balaban J connectivity index is 1.40. The normalized spacial score (nSPS) is 38.6. The lowest BCUT2D eigenvalue weighted by Crippen LogP contribution is -2.31. The van der Waals surface area contributed by atoms with Crippen LogP contribution in [-0.2, 0) is 0 Å². The molecule has 3 saturated carbocycles. The molecular formula is C14H22N2. The van der Waals surface area contributed by atoms with Crippen molar-refractivity contribution in [2.24, 2.45) is 23.2 Å². The molecule has 0 spiro atoms. The smallest absolute Gasteiger partial charge is 0.0628 e. The first-order valence-electron chi connectivity index (χ1n) is 6.89. The lowest BCUT2D eigenvalue weighted by atomic mass is 9.88. The monoisotopic (exact) mass is 218 g/mol. The van der Waals surface area contributed by atoms with Crippen LogP contribution >= 0.6 is 0 Å². The summed E-state index contributed by atoms with van der Waals surface area (Å²) in [5.74, 6) is 3.05. The van der Waals surface area contributed by atoms with Crippen LogP contribution in [0.25, 0.3) is 0 Å². The number of hydrogen-bond acceptors (Lipinski definition) is 2. The molecule has 3 atom stereocenters. The molecule has 0 radical (unpaired) electrons. The molecule has 16 heavy (non-hydrogen) atoms. The lowest BCUT2D eigenvalue weighted by molar-refractivity contribution is 0.308. The van der Waals surface area contributed by atoms with Gasteiger partial charge in [-0.15, -0.1) is 0 Å². The molecule has 3 rings (SSSR count). The molecule has 3 fully saturated rings. The summed E-state index contributed by atoms with van der Waals surface area (Å²) < 4.78 is 0. The summed E-state index contributed by atoms with van der Waals surface area (Å²) in [4.78, 5) is 0. The third-order valence-corrected chi connectivity index (χ3v) is 5.20. The first kappa shape index (κ1) is 10.6. The van der Waals surface area contributed by atoms with Gasteiger partial charge in [-0.3, -0.25) is 0 Å². The van der Waals surface area contributed by atoms with Crippen LogP contribution in [-0.4, -0.2) is 13.1 Å². The van der Waals surface area contributed by atoms with Gasteiger partial charge in [0.2, 0.25) is 0 Å². The Morgan fingerprint density at radius 3 is 2.69 bits per heavy atom. The molecule has 0 amide bonds. The highest BCUT2D eigenvalue weighted by molar-refractivity contribution is 5.01. The van der Waals surface area contributed by atoms with Crippen LogP contribution in [0.2, 0.25) is 0 Å². The fraction of sp³-hybridized carbons (Fsp3) is 0.929. The van der Waals surface area contributed by atoms with Gasteiger partial charge < -0.3 is 5.32 Å². The molecular weight excluding hydrogens is 196 g/mol. The van der Waals surface area contributed by atoms with E-state index >= 15 is 0 Å². The van der Waals surface area contributed by atoms with Crippen LogP contribution in [0.3, 0.4) is 0 Å². The largest absolute Gasteiger partial charge is 0.316 e. The van der Waals surface area contributed by atoms with E-state index in [9.17, 15) is 0 Å². The molecule has 3 unspecified atom stereocenters. The van der Waals surface area contributed by atoms with Gasteiger partial charge in [0.15, 0.2) is 0 Å². The lowest BCUT2D eigenvalue weighted by Gasteiger charge is -2.23. The predicted molar refractivity (Wildman–Crippen MR) is 63.7 cm³/mol. The molecule has 0 aromatic carbocycles. The summed E-state index contributed by atoms with van der Waals surface area (Å²) in [6.45, 7) is 2.31. The van der Waals surface area contributed by atoms with Crippen molar-refractivity contribution in [2.75, 3.05) is 13.1 Å². The molecule has 2 bridgehead atoms. The summed E-state index contributed by atoms with van der Waals surface area (Å²) >= 11 is 0. The molecule has 1 N–H and O–H groups in total. The highest BCUT2D eigenvalue weighted by Crippen LogP contribution is 2.49. The van der Waals surface area contributed by atoms with Crippen molar-refractivity contribution >= 4 is 0 Å². The minimum Gasteiger partial charge on any atom is -0.316 e. The molecule has 0 aromatic heterocycles. The van der Waals surface area contributed by atoms with Crippen LogP contribution < -0.4 is 5.32 Å². The van der Waals surface area contributed by atoms with Crippen molar-refractivity contribution < 1.29 is 0 Å². The second-order valence-electron chi connectivity index (χ2n) is 6.40. The minimum absolute atomic E-state index is 0.381. The van der Waals surface area contributed by atoms with Crippen molar-refractivity contribution in [1.29, 1.82) is 5.26 Å². The topological polar surface area (TPSA) is 35.8 Å². The average Bonchev–Trinajstić information content (AvgIpc) is 2.75.